The van der Waals surface area contributed by atoms with Crippen molar-refractivity contribution in [2.45, 2.75) is 25.7 Å². The van der Waals surface area contributed by atoms with Crippen LogP contribution in [0, 0.1) is 6.92 Å². The fourth-order valence-electron chi connectivity index (χ4n) is 2.04. The Bertz CT molecular complexity index is 368. The van der Waals surface area contributed by atoms with Crippen molar-refractivity contribution in [3.63, 3.8) is 0 Å². The summed E-state index contributed by atoms with van der Waals surface area (Å²) in [5.41, 5.74) is 2.13. The lowest BCUT2D eigenvalue weighted by molar-refractivity contribution is -0.133. The highest BCUT2D eigenvalue weighted by Gasteiger charge is 2.45. The number of amides is 1. The van der Waals surface area contributed by atoms with Crippen LogP contribution in [0.15, 0.2) is 24.3 Å². The Balaban J connectivity index is 2.42. The van der Waals surface area contributed by atoms with Crippen LogP contribution in [0.4, 0.5) is 0 Å². The molecule has 0 saturated carbocycles. The summed E-state index contributed by atoms with van der Waals surface area (Å²) in [6.07, 6.45) is 0.877. The van der Waals surface area contributed by atoms with Crippen LogP contribution in [0.2, 0.25) is 0 Å². The molecular formula is C12H15NO. The van der Waals surface area contributed by atoms with Gasteiger partial charge in [-0.3, -0.25) is 4.79 Å². The summed E-state index contributed by atoms with van der Waals surface area (Å²) in [6.45, 7) is 4.91. The predicted molar refractivity (Wildman–Crippen MR) is 56.2 cm³/mol. The van der Waals surface area contributed by atoms with Crippen LogP contribution in [0.5, 0.6) is 0 Å². The van der Waals surface area contributed by atoms with E-state index < -0.39 is 0 Å². The highest BCUT2D eigenvalue weighted by atomic mass is 16.2. The number of carbonyl (C=O) groups is 1. The lowest BCUT2D eigenvalue weighted by Crippen LogP contribution is -2.61. The zero-order valence-corrected chi connectivity index (χ0v) is 8.63. The Hall–Kier alpha value is -1.31. The molecule has 0 aliphatic carbocycles. The van der Waals surface area contributed by atoms with Crippen molar-refractivity contribution in [1.29, 1.82) is 0 Å². The topological polar surface area (TPSA) is 29.1 Å². The first-order chi connectivity index (χ1) is 6.69. The molecule has 1 saturated heterocycles. The van der Waals surface area contributed by atoms with Gasteiger partial charge in [0, 0.05) is 6.54 Å². The summed E-state index contributed by atoms with van der Waals surface area (Å²) in [6, 6.07) is 8.24. The van der Waals surface area contributed by atoms with Gasteiger partial charge in [0.15, 0.2) is 0 Å². The van der Waals surface area contributed by atoms with Gasteiger partial charge in [-0.1, -0.05) is 36.8 Å². The lowest BCUT2D eigenvalue weighted by Gasteiger charge is -2.40. The molecule has 1 aromatic carbocycles. The van der Waals surface area contributed by atoms with Gasteiger partial charge in [-0.05, 0) is 18.9 Å². The van der Waals surface area contributed by atoms with Crippen molar-refractivity contribution in [1.82, 2.24) is 5.32 Å². The largest absolute Gasteiger partial charge is 0.354 e. The first-order valence-corrected chi connectivity index (χ1v) is 5.04. The summed E-state index contributed by atoms with van der Waals surface area (Å²) in [4.78, 5) is 11.6. The number of hydrogen-bond acceptors (Lipinski definition) is 1. The van der Waals surface area contributed by atoms with Gasteiger partial charge < -0.3 is 5.32 Å². The number of nitrogens with one attached hydrogen (secondary N) is 1. The molecule has 74 valence electrons. The standard InChI is InChI=1S/C12H15NO/c1-3-12(8-13-11(12)14)10-6-4-5-9(2)7-10/h4-7H,3,8H2,1-2H3,(H,13,14). The maximum absolute atomic E-state index is 11.6. The average Bonchev–Trinajstić information content (AvgIpc) is 2.17. The van der Waals surface area contributed by atoms with Crippen molar-refractivity contribution in [2.75, 3.05) is 6.54 Å². The van der Waals surface area contributed by atoms with E-state index in [4.69, 9.17) is 0 Å². The Morgan fingerprint density at radius 1 is 1.50 bits per heavy atom. The molecule has 1 aromatic rings. The van der Waals surface area contributed by atoms with Gasteiger partial charge in [-0.25, -0.2) is 0 Å². The molecular weight excluding hydrogens is 174 g/mol. The maximum Gasteiger partial charge on any atom is 0.232 e. The van der Waals surface area contributed by atoms with Crippen LogP contribution in [-0.2, 0) is 10.2 Å². The molecule has 0 aromatic heterocycles. The van der Waals surface area contributed by atoms with Crippen molar-refractivity contribution in [2.24, 2.45) is 0 Å². The molecule has 14 heavy (non-hydrogen) atoms. The van der Waals surface area contributed by atoms with E-state index in [1.807, 2.05) is 6.07 Å². The summed E-state index contributed by atoms with van der Waals surface area (Å²) in [7, 11) is 0. The molecule has 1 N–H and O–H groups in total. The molecule has 1 unspecified atom stereocenters. The highest BCUT2D eigenvalue weighted by Crippen LogP contribution is 2.33. The zero-order valence-electron chi connectivity index (χ0n) is 8.63. The molecule has 0 spiro atoms. The fourth-order valence-corrected chi connectivity index (χ4v) is 2.04. The van der Waals surface area contributed by atoms with Crippen LogP contribution in [0.3, 0.4) is 0 Å². The second-order valence-electron chi connectivity index (χ2n) is 3.99. The van der Waals surface area contributed by atoms with Crippen LogP contribution < -0.4 is 5.32 Å². The van der Waals surface area contributed by atoms with Crippen molar-refractivity contribution in [3.8, 4) is 0 Å². The Kier molecular flexibility index (Phi) is 2.06. The Morgan fingerprint density at radius 3 is 2.71 bits per heavy atom. The van der Waals surface area contributed by atoms with Gasteiger partial charge in [0.25, 0.3) is 0 Å². The highest BCUT2D eigenvalue weighted by molar-refractivity contribution is 5.94. The normalized spacial score (nSPS) is 25.4. The Labute approximate surface area is 84.3 Å². The quantitative estimate of drug-likeness (QED) is 0.706. The van der Waals surface area contributed by atoms with E-state index >= 15 is 0 Å². The van der Waals surface area contributed by atoms with Crippen LogP contribution >= 0.6 is 0 Å². The number of carbonyl (C=O) groups excluding carboxylic acids is 1. The lowest BCUT2D eigenvalue weighted by atomic mass is 9.72. The van der Waals surface area contributed by atoms with E-state index in [1.165, 1.54) is 5.56 Å². The van der Waals surface area contributed by atoms with E-state index in [9.17, 15) is 4.79 Å². The van der Waals surface area contributed by atoms with Gasteiger partial charge in [0.1, 0.15) is 0 Å². The molecule has 2 nitrogen and oxygen atoms in total. The van der Waals surface area contributed by atoms with Gasteiger partial charge in [-0.15, -0.1) is 0 Å². The molecule has 1 heterocycles. The third-order valence-corrected chi connectivity index (χ3v) is 3.16. The number of β-lactam (4-membered cyclic amide) rings is 1. The monoisotopic (exact) mass is 189 g/mol. The molecule has 0 bridgehead atoms. The van der Waals surface area contributed by atoms with Crippen molar-refractivity contribution < 1.29 is 4.79 Å². The number of hydrogen-bond donors (Lipinski definition) is 1. The van der Waals surface area contributed by atoms with Crippen LogP contribution in [-0.4, -0.2) is 12.5 Å². The van der Waals surface area contributed by atoms with E-state index in [1.54, 1.807) is 0 Å². The summed E-state index contributed by atoms with van der Waals surface area (Å²) in [5, 5.41) is 2.83. The number of aryl methyl sites for hydroxylation is 1. The first kappa shape index (κ1) is 9.25. The molecule has 1 aliphatic heterocycles. The fraction of sp³-hybridized carbons (Fsp3) is 0.417. The van der Waals surface area contributed by atoms with E-state index in [-0.39, 0.29) is 11.3 Å². The third kappa shape index (κ3) is 1.14. The van der Waals surface area contributed by atoms with Crippen molar-refractivity contribution in [3.05, 3.63) is 35.4 Å². The molecule has 2 rings (SSSR count). The summed E-state index contributed by atoms with van der Waals surface area (Å²) >= 11 is 0. The summed E-state index contributed by atoms with van der Waals surface area (Å²) < 4.78 is 0. The summed E-state index contributed by atoms with van der Waals surface area (Å²) in [5.74, 6) is 0.172. The second-order valence-corrected chi connectivity index (χ2v) is 3.99. The predicted octanol–water partition coefficient (Wildman–Crippen LogP) is 1.77. The molecule has 1 aliphatic rings. The average molecular weight is 189 g/mol. The maximum atomic E-state index is 11.6. The van der Waals surface area contributed by atoms with E-state index in [2.05, 4.69) is 37.4 Å². The molecule has 2 heteroatoms. The number of benzene rings is 1. The molecule has 1 fully saturated rings. The molecule has 0 radical (unpaired) electrons. The van der Waals surface area contributed by atoms with Crippen molar-refractivity contribution >= 4 is 5.91 Å². The van der Waals surface area contributed by atoms with E-state index in [0.717, 1.165) is 18.5 Å². The Morgan fingerprint density at radius 2 is 2.29 bits per heavy atom. The van der Waals surface area contributed by atoms with Crippen LogP contribution in [0.25, 0.3) is 0 Å². The minimum Gasteiger partial charge on any atom is -0.354 e. The SMILES string of the molecule is CCC1(c2cccc(C)c2)CNC1=O. The van der Waals surface area contributed by atoms with Gasteiger partial charge in [-0.2, -0.15) is 0 Å². The third-order valence-electron chi connectivity index (χ3n) is 3.16. The second kappa shape index (κ2) is 3.12. The van der Waals surface area contributed by atoms with Gasteiger partial charge in [0.05, 0.1) is 5.41 Å². The smallest absolute Gasteiger partial charge is 0.232 e. The molecule has 1 amide bonds. The zero-order chi connectivity index (χ0) is 10.2. The molecule has 1 atom stereocenters. The van der Waals surface area contributed by atoms with Gasteiger partial charge >= 0.3 is 0 Å². The first-order valence-electron chi connectivity index (χ1n) is 5.04. The van der Waals surface area contributed by atoms with Crippen LogP contribution in [0.1, 0.15) is 24.5 Å². The minimum absolute atomic E-state index is 0.172. The van der Waals surface area contributed by atoms with E-state index in [0.29, 0.717) is 0 Å². The van der Waals surface area contributed by atoms with Gasteiger partial charge in [0.2, 0.25) is 5.91 Å². The minimum atomic E-state index is -0.244. The number of rotatable bonds is 2.